The first-order valence-electron chi connectivity index (χ1n) is 3.84. The standard InChI is InChI=1S/C6H15O4PS.Ca/c7-11(8,9)10-5-3-1-2-4-6-12;/h12H,1-6H2,(H2,7,8,9);/q;+2/p-2. The first-order chi connectivity index (χ1) is 5.56. The molecule has 0 saturated heterocycles. The van der Waals surface area contributed by atoms with Gasteiger partial charge in [0.1, 0.15) is 0 Å². The van der Waals surface area contributed by atoms with E-state index in [1.807, 2.05) is 0 Å². The number of phosphoric acid groups is 1. The molecule has 74 valence electrons. The van der Waals surface area contributed by atoms with Crippen LogP contribution in [0.5, 0.6) is 0 Å². The van der Waals surface area contributed by atoms with E-state index in [0.717, 1.165) is 25.0 Å². The average molecular weight is 252 g/mol. The molecule has 0 amide bonds. The molecule has 0 spiro atoms. The second-order valence-corrected chi connectivity index (χ2v) is 4.02. The molecule has 0 aromatic carbocycles. The Balaban J connectivity index is 0. The second-order valence-electron chi connectivity index (χ2n) is 2.42. The average Bonchev–Trinajstić information content (AvgIpc) is 1.94. The molecule has 0 saturated carbocycles. The van der Waals surface area contributed by atoms with Crippen LogP contribution in [0.2, 0.25) is 0 Å². The summed E-state index contributed by atoms with van der Waals surface area (Å²) in [7, 11) is -4.74. The van der Waals surface area contributed by atoms with Gasteiger partial charge in [0.15, 0.2) is 0 Å². The van der Waals surface area contributed by atoms with Gasteiger partial charge in [-0.25, -0.2) is 0 Å². The number of hydrogen-bond donors (Lipinski definition) is 1. The Bertz CT molecular complexity index is 152. The van der Waals surface area contributed by atoms with E-state index in [1.165, 1.54) is 0 Å². The van der Waals surface area contributed by atoms with Gasteiger partial charge in [0.05, 0.1) is 14.4 Å². The summed E-state index contributed by atoms with van der Waals surface area (Å²) in [5.41, 5.74) is 0. The summed E-state index contributed by atoms with van der Waals surface area (Å²) >= 11 is 4.02. The fourth-order valence-electron chi connectivity index (χ4n) is 0.744. The van der Waals surface area contributed by atoms with Crippen molar-refractivity contribution in [2.24, 2.45) is 0 Å². The Hall–Kier alpha value is 1.72. The Morgan fingerprint density at radius 2 is 1.69 bits per heavy atom. The monoisotopic (exact) mass is 252 g/mol. The SMILES string of the molecule is O=P([O-])([O-])OCCCCCCS.[Ca+2]. The molecule has 0 unspecified atom stereocenters. The van der Waals surface area contributed by atoms with E-state index in [9.17, 15) is 14.4 Å². The van der Waals surface area contributed by atoms with E-state index in [1.54, 1.807) is 0 Å². The largest absolute Gasteiger partial charge is 2.00 e. The summed E-state index contributed by atoms with van der Waals surface area (Å²) < 4.78 is 14.0. The van der Waals surface area contributed by atoms with E-state index in [4.69, 9.17) is 0 Å². The maximum Gasteiger partial charge on any atom is 2.00 e. The first-order valence-corrected chi connectivity index (χ1v) is 5.93. The van der Waals surface area contributed by atoms with Gasteiger partial charge >= 0.3 is 37.7 Å². The Morgan fingerprint density at radius 1 is 1.15 bits per heavy atom. The number of phosphoric ester groups is 1. The molecule has 0 rings (SSSR count). The van der Waals surface area contributed by atoms with Crippen LogP contribution in [0.25, 0.3) is 0 Å². The third-order valence-electron chi connectivity index (χ3n) is 1.30. The zero-order valence-electron chi connectivity index (χ0n) is 7.48. The minimum atomic E-state index is -4.74. The van der Waals surface area contributed by atoms with Crippen LogP contribution in [0.3, 0.4) is 0 Å². The molecule has 13 heavy (non-hydrogen) atoms. The third kappa shape index (κ3) is 16.4. The van der Waals surface area contributed by atoms with Gasteiger partial charge in [-0.15, -0.1) is 0 Å². The van der Waals surface area contributed by atoms with Gasteiger partial charge < -0.3 is 18.9 Å². The van der Waals surface area contributed by atoms with Crippen LogP contribution in [0.4, 0.5) is 0 Å². The molecule has 0 atom stereocenters. The Labute approximate surface area is 114 Å². The summed E-state index contributed by atoms with van der Waals surface area (Å²) in [5.74, 6) is 0.836. The molecule has 0 aliphatic heterocycles. The molecule has 0 aromatic heterocycles. The van der Waals surface area contributed by atoms with Gasteiger partial charge in [-0.3, -0.25) is 0 Å². The van der Waals surface area contributed by atoms with Gasteiger partial charge in [0, 0.05) is 0 Å². The smallest absolute Gasteiger partial charge is 0.790 e. The van der Waals surface area contributed by atoms with Crippen LogP contribution >= 0.6 is 20.5 Å². The topological polar surface area (TPSA) is 72.4 Å². The predicted octanol–water partition coefficient (Wildman–Crippen LogP) is -0.0589. The van der Waals surface area contributed by atoms with Crippen molar-refractivity contribution in [3.05, 3.63) is 0 Å². The zero-order chi connectivity index (χ0) is 9.45. The summed E-state index contributed by atoms with van der Waals surface area (Å²) in [5, 5.41) is 0. The van der Waals surface area contributed by atoms with Gasteiger partial charge in [-0.1, -0.05) is 12.8 Å². The summed E-state index contributed by atoms with van der Waals surface area (Å²) in [6, 6.07) is 0. The van der Waals surface area contributed by atoms with Crippen LogP contribution in [0.1, 0.15) is 25.7 Å². The van der Waals surface area contributed by atoms with Gasteiger partial charge in [0.25, 0.3) is 0 Å². The molecule has 4 nitrogen and oxygen atoms in total. The quantitative estimate of drug-likeness (QED) is 0.298. The van der Waals surface area contributed by atoms with E-state index in [-0.39, 0.29) is 44.3 Å². The summed E-state index contributed by atoms with van der Waals surface area (Å²) in [4.78, 5) is 19.9. The summed E-state index contributed by atoms with van der Waals surface area (Å²) in [6.07, 6.45) is 3.49. The van der Waals surface area contributed by atoms with Gasteiger partial charge in [-0.05, 0) is 18.6 Å². The molecule has 0 aliphatic rings. The fraction of sp³-hybridized carbons (Fsp3) is 1.00. The van der Waals surface area contributed by atoms with Crippen molar-refractivity contribution < 1.29 is 18.9 Å². The molecule has 0 heterocycles. The molecular formula is C6H13CaO4PS. The molecule has 0 fully saturated rings. The van der Waals surface area contributed by atoms with Crippen LogP contribution in [0, 0.1) is 0 Å². The van der Waals surface area contributed by atoms with Crippen molar-refractivity contribution >= 4 is 58.2 Å². The molecule has 0 aromatic rings. The van der Waals surface area contributed by atoms with Crippen LogP contribution in [-0.4, -0.2) is 50.1 Å². The van der Waals surface area contributed by atoms with Crippen LogP contribution in [0.15, 0.2) is 0 Å². The molecular weight excluding hydrogens is 239 g/mol. The van der Waals surface area contributed by atoms with Gasteiger partial charge in [-0.2, -0.15) is 12.6 Å². The fourth-order valence-corrected chi connectivity index (χ4v) is 1.32. The van der Waals surface area contributed by atoms with E-state index < -0.39 is 7.82 Å². The Morgan fingerprint density at radius 3 is 2.15 bits per heavy atom. The normalized spacial score (nSPS) is 11.0. The predicted molar refractivity (Wildman–Crippen MR) is 51.6 cm³/mol. The number of rotatable bonds is 7. The minimum Gasteiger partial charge on any atom is -0.790 e. The molecule has 7 heteroatoms. The maximum atomic E-state index is 9.96. The maximum absolute atomic E-state index is 9.96. The molecule has 0 bridgehead atoms. The number of unbranched alkanes of at least 4 members (excludes halogenated alkanes) is 3. The van der Waals surface area contributed by atoms with Crippen molar-refractivity contribution in [1.29, 1.82) is 0 Å². The van der Waals surface area contributed by atoms with Crippen molar-refractivity contribution in [1.82, 2.24) is 0 Å². The molecule has 0 radical (unpaired) electrons. The van der Waals surface area contributed by atoms with E-state index in [2.05, 4.69) is 17.2 Å². The van der Waals surface area contributed by atoms with Crippen molar-refractivity contribution in [2.45, 2.75) is 25.7 Å². The zero-order valence-corrected chi connectivity index (χ0v) is 11.5. The summed E-state index contributed by atoms with van der Waals surface area (Å²) in [6.45, 7) is 0.0108. The molecule has 0 aliphatic carbocycles. The second kappa shape index (κ2) is 10.2. The first kappa shape index (κ1) is 17.1. The van der Waals surface area contributed by atoms with Crippen LogP contribution in [-0.2, 0) is 9.09 Å². The number of thiol groups is 1. The number of hydrogen-bond acceptors (Lipinski definition) is 5. The van der Waals surface area contributed by atoms with Crippen LogP contribution < -0.4 is 9.79 Å². The van der Waals surface area contributed by atoms with E-state index in [0.29, 0.717) is 6.42 Å². The Kier molecular flexibility index (Phi) is 13.5. The van der Waals surface area contributed by atoms with Gasteiger partial charge in [0.2, 0.25) is 0 Å². The van der Waals surface area contributed by atoms with Crippen molar-refractivity contribution in [3.8, 4) is 0 Å². The molecule has 0 N–H and O–H groups in total. The minimum absolute atomic E-state index is 0. The van der Waals surface area contributed by atoms with Crippen molar-refractivity contribution in [3.63, 3.8) is 0 Å². The third-order valence-corrected chi connectivity index (χ3v) is 2.12. The van der Waals surface area contributed by atoms with Crippen molar-refractivity contribution in [2.75, 3.05) is 12.4 Å². The van der Waals surface area contributed by atoms with E-state index >= 15 is 0 Å².